The molecule has 3 nitrogen and oxygen atoms in total. The summed E-state index contributed by atoms with van der Waals surface area (Å²) in [5, 5.41) is 11.8. The van der Waals surface area contributed by atoms with Crippen molar-refractivity contribution < 1.29 is 9.13 Å². The molecule has 0 aliphatic carbocycles. The van der Waals surface area contributed by atoms with Crippen LogP contribution in [-0.2, 0) is 4.74 Å². The predicted octanol–water partition coefficient (Wildman–Crippen LogP) is 3.31. The zero-order chi connectivity index (χ0) is 13.8. The summed E-state index contributed by atoms with van der Waals surface area (Å²) in [7, 11) is 1.66. The Hall–Kier alpha value is -1.60. The molecule has 98 valence electrons. The number of nitrogens with one attached hydrogen (secondary N) is 1. The van der Waals surface area contributed by atoms with Gasteiger partial charge in [0, 0.05) is 13.2 Å². The predicted molar refractivity (Wildman–Crippen MR) is 69.9 cm³/mol. The van der Waals surface area contributed by atoms with E-state index in [1.54, 1.807) is 19.2 Å². The van der Waals surface area contributed by atoms with E-state index in [4.69, 9.17) is 10.00 Å². The molecule has 0 spiro atoms. The summed E-state index contributed by atoms with van der Waals surface area (Å²) in [5.41, 5.74) is 0.478. The molecule has 0 aliphatic rings. The lowest BCUT2D eigenvalue weighted by atomic mass is 9.99. The van der Waals surface area contributed by atoms with Crippen molar-refractivity contribution in [2.75, 3.05) is 12.4 Å². The smallest absolute Gasteiger partial charge is 0.147 e. The highest BCUT2D eigenvalue weighted by Gasteiger charge is 2.20. The molecule has 1 atom stereocenters. The molecule has 0 saturated carbocycles. The first-order valence-corrected chi connectivity index (χ1v) is 5.89. The molecule has 4 heteroatoms. The van der Waals surface area contributed by atoms with Crippen molar-refractivity contribution >= 4 is 5.69 Å². The van der Waals surface area contributed by atoms with Crippen molar-refractivity contribution in [3.63, 3.8) is 0 Å². The molecule has 0 aliphatic heterocycles. The van der Waals surface area contributed by atoms with E-state index >= 15 is 0 Å². The van der Waals surface area contributed by atoms with Gasteiger partial charge >= 0.3 is 0 Å². The summed E-state index contributed by atoms with van der Waals surface area (Å²) in [6.07, 6.45) is 0.753. The van der Waals surface area contributed by atoms with Gasteiger partial charge in [0.05, 0.1) is 22.9 Å². The van der Waals surface area contributed by atoms with Crippen LogP contribution in [0.5, 0.6) is 0 Å². The first-order valence-electron chi connectivity index (χ1n) is 5.89. The molecule has 0 saturated heterocycles. The fourth-order valence-corrected chi connectivity index (χ4v) is 1.84. The molecule has 0 bridgehead atoms. The Bertz CT molecular complexity index is 452. The van der Waals surface area contributed by atoms with E-state index in [1.165, 1.54) is 6.07 Å². The Morgan fingerprint density at radius 3 is 2.67 bits per heavy atom. The van der Waals surface area contributed by atoms with Crippen LogP contribution in [0.1, 0.15) is 32.8 Å². The summed E-state index contributed by atoms with van der Waals surface area (Å²) in [5.74, 6) is -0.406. The molecule has 18 heavy (non-hydrogen) atoms. The van der Waals surface area contributed by atoms with Crippen LogP contribution in [0, 0.1) is 17.1 Å². The highest BCUT2D eigenvalue weighted by molar-refractivity contribution is 5.49. The zero-order valence-electron chi connectivity index (χ0n) is 11.2. The topological polar surface area (TPSA) is 45.0 Å². The van der Waals surface area contributed by atoms with Gasteiger partial charge in [-0.05, 0) is 45.4 Å². The van der Waals surface area contributed by atoms with Crippen LogP contribution in [0.3, 0.4) is 0 Å². The molecule has 0 amide bonds. The Morgan fingerprint density at radius 1 is 1.50 bits per heavy atom. The molecule has 0 fully saturated rings. The molecule has 1 N–H and O–H groups in total. The average Bonchev–Trinajstić information content (AvgIpc) is 2.31. The lowest BCUT2D eigenvalue weighted by Crippen LogP contribution is -2.31. The van der Waals surface area contributed by atoms with E-state index in [-0.39, 0.29) is 11.6 Å². The fourth-order valence-electron chi connectivity index (χ4n) is 1.84. The van der Waals surface area contributed by atoms with Crippen LogP contribution >= 0.6 is 0 Å². The summed E-state index contributed by atoms with van der Waals surface area (Å²) in [6.45, 7) is 5.94. The Balaban J connectivity index is 2.71. The van der Waals surface area contributed by atoms with Gasteiger partial charge in [-0.25, -0.2) is 4.39 Å². The number of hydrogen-bond acceptors (Lipinski definition) is 3. The molecule has 0 aromatic heterocycles. The molecule has 0 heterocycles. The molecular weight excluding hydrogens is 231 g/mol. The first-order chi connectivity index (χ1) is 8.38. The number of nitrogens with zero attached hydrogens (tertiary/aromatic N) is 1. The van der Waals surface area contributed by atoms with Crippen molar-refractivity contribution in [2.45, 2.75) is 38.8 Å². The van der Waals surface area contributed by atoms with Gasteiger partial charge in [0.1, 0.15) is 5.82 Å². The van der Waals surface area contributed by atoms with E-state index in [9.17, 15) is 4.39 Å². The minimum atomic E-state index is -0.406. The van der Waals surface area contributed by atoms with Crippen molar-refractivity contribution in [3.8, 4) is 6.07 Å². The van der Waals surface area contributed by atoms with E-state index in [1.807, 2.05) is 26.8 Å². The molecule has 1 aromatic carbocycles. The van der Waals surface area contributed by atoms with Crippen molar-refractivity contribution in [3.05, 3.63) is 29.6 Å². The number of rotatable bonds is 5. The molecule has 1 aromatic rings. The zero-order valence-corrected chi connectivity index (χ0v) is 11.2. The Kier molecular flexibility index (Phi) is 4.69. The first kappa shape index (κ1) is 14.5. The number of anilines is 1. The highest BCUT2D eigenvalue weighted by Crippen LogP contribution is 2.21. The number of halogens is 1. The van der Waals surface area contributed by atoms with Crippen LogP contribution in [-0.4, -0.2) is 18.8 Å². The SMILES string of the molecule is COC(C)(C)CC(C)Nc1ccc(C#N)cc1F. The molecule has 1 unspecified atom stereocenters. The quantitative estimate of drug-likeness (QED) is 0.872. The van der Waals surface area contributed by atoms with E-state index in [0.717, 1.165) is 6.42 Å². The van der Waals surface area contributed by atoms with Gasteiger partial charge in [-0.15, -0.1) is 0 Å². The fraction of sp³-hybridized carbons (Fsp3) is 0.500. The maximum atomic E-state index is 13.7. The van der Waals surface area contributed by atoms with Crippen LogP contribution in [0.25, 0.3) is 0 Å². The summed E-state index contributed by atoms with van der Waals surface area (Å²) in [4.78, 5) is 0. The number of ether oxygens (including phenoxy) is 1. The van der Waals surface area contributed by atoms with Gasteiger partial charge in [-0.3, -0.25) is 0 Å². The summed E-state index contributed by atoms with van der Waals surface area (Å²) < 4.78 is 19.0. The van der Waals surface area contributed by atoms with E-state index in [0.29, 0.717) is 11.3 Å². The second kappa shape index (κ2) is 5.83. The number of benzene rings is 1. The number of nitriles is 1. The lowest BCUT2D eigenvalue weighted by Gasteiger charge is -2.27. The summed E-state index contributed by atoms with van der Waals surface area (Å²) >= 11 is 0. The van der Waals surface area contributed by atoms with Crippen LogP contribution < -0.4 is 5.32 Å². The minimum absolute atomic E-state index is 0.0717. The second-order valence-electron chi connectivity index (χ2n) is 5.02. The minimum Gasteiger partial charge on any atom is -0.380 e. The average molecular weight is 250 g/mol. The Morgan fingerprint density at radius 2 is 2.17 bits per heavy atom. The van der Waals surface area contributed by atoms with Gasteiger partial charge in [-0.2, -0.15) is 5.26 Å². The molecule has 0 radical (unpaired) electrons. The van der Waals surface area contributed by atoms with Gasteiger partial charge in [0.2, 0.25) is 0 Å². The van der Waals surface area contributed by atoms with Crippen molar-refractivity contribution in [1.29, 1.82) is 5.26 Å². The van der Waals surface area contributed by atoms with Gasteiger partial charge in [-0.1, -0.05) is 0 Å². The third-order valence-corrected chi connectivity index (χ3v) is 2.85. The standard InChI is InChI=1S/C14H19FN2O/c1-10(8-14(2,3)18-4)17-13-6-5-11(9-16)7-12(13)15/h5-7,10,17H,8H2,1-4H3. The number of methoxy groups -OCH3 is 1. The largest absolute Gasteiger partial charge is 0.380 e. The molecular formula is C14H19FN2O. The maximum absolute atomic E-state index is 13.7. The monoisotopic (exact) mass is 250 g/mol. The van der Waals surface area contributed by atoms with Crippen LogP contribution in [0.2, 0.25) is 0 Å². The molecule has 1 rings (SSSR count). The lowest BCUT2D eigenvalue weighted by molar-refractivity contribution is 0.0128. The van der Waals surface area contributed by atoms with E-state index in [2.05, 4.69) is 5.32 Å². The van der Waals surface area contributed by atoms with Gasteiger partial charge in [0.15, 0.2) is 0 Å². The van der Waals surface area contributed by atoms with Gasteiger partial charge < -0.3 is 10.1 Å². The Labute approximate surface area is 108 Å². The summed E-state index contributed by atoms with van der Waals surface area (Å²) in [6, 6.07) is 6.40. The maximum Gasteiger partial charge on any atom is 0.147 e. The number of hydrogen-bond donors (Lipinski definition) is 1. The normalized spacial score (nSPS) is 12.9. The van der Waals surface area contributed by atoms with Gasteiger partial charge in [0.25, 0.3) is 0 Å². The second-order valence-corrected chi connectivity index (χ2v) is 5.02. The highest BCUT2D eigenvalue weighted by atomic mass is 19.1. The van der Waals surface area contributed by atoms with Crippen molar-refractivity contribution in [2.24, 2.45) is 0 Å². The van der Waals surface area contributed by atoms with E-state index < -0.39 is 5.82 Å². The van der Waals surface area contributed by atoms with Crippen molar-refractivity contribution in [1.82, 2.24) is 0 Å². The third-order valence-electron chi connectivity index (χ3n) is 2.85. The van der Waals surface area contributed by atoms with Crippen LogP contribution in [0.4, 0.5) is 10.1 Å². The third kappa shape index (κ3) is 4.01. The van der Waals surface area contributed by atoms with Crippen LogP contribution in [0.15, 0.2) is 18.2 Å².